The fourth-order valence-electron chi connectivity index (χ4n) is 2.07. The summed E-state index contributed by atoms with van der Waals surface area (Å²) in [5.74, 6) is -1.08. The Hall–Kier alpha value is -2.42. The number of carbonyl (C=O) groups is 1. The third kappa shape index (κ3) is 2.72. The number of fused-ring (bicyclic) bond motifs is 1. The molecule has 21 heavy (non-hydrogen) atoms. The van der Waals surface area contributed by atoms with E-state index in [4.69, 9.17) is 5.11 Å². The Labute approximate surface area is 119 Å². The molecule has 2 aromatic heterocycles. The summed E-state index contributed by atoms with van der Waals surface area (Å²) in [6.07, 6.45) is 1.27. The van der Waals surface area contributed by atoms with E-state index < -0.39 is 17.2 Å². The van der Waals surface area contributed by atoms with Crippen molar-refractivity contribution in [1.29, 1.82) is 0 Å². The average Bonchev–Trinajstić information content (AvgIpc) is 2.78. The third-order valence-corrected chi connectivity index (χ3v) is 3.18. The Morgan fingerprint density at radius 1 is 1.38 bits per heavy atom. The summed E-state index contributed by atoms with van der Waals surface area (Å²) in [6.45, 7) is 0.581. The summed E-state index contributed by atoms with van der Waals surface area (Å²) >= 11 is 0. The minimum atomic E-state index is -1.08. The van der Waals surface area contributed by atoms with Gasteiger partial charge in [0.2, 0.25) is 0 Å². The monoisotopic (exact) mass is 295 g/mol. The largest absolute Gasteiger partial charge is 0.480 e. The Morgan fingerprint density at radius 3 is 2.62 bits per heavy atom. The van der Waals surface area contributed by atoms with Gasteiger partial charge in [0.25, 0.3) is 5.56 Å². The van der Waals surface area contributed by atoms with Gasteiger partial charge in [-0.15, -0.1) is 0 Å². The van der Waals surface area contributed by atoms with Gasteiger partial charge in [0.1, 0.15) is 6.54 Å². The van der Waals surface area contributed by atoms with Crippen LogP contribution >= 0.6 is 0 Å². The molecule has 0 saturated heterocycles. The van der Waals surface area contributed by atoms with Crippen LogP contribution in [0.15, 0.2) is 15.9 Å². The molecule has 0 amide bonds. The van der Waals surface area contributed by atoms with Gasteiger partial charge in [-0.25, -0.2) is 9.78 Å². The van der Waals surface area contributed by atoms with Crippen molar-refractivity contribution in [2.24, 2.45) is 7.05 Å². The Balaban J connectivity index is 2.69. The van der Waals surface area contributed by atoms with Crippen LogP contribution in [0.4, 0.5) is 0 Å². The maximum atomic E-state index is 12.2. The van der Waals surface area contributed by atoms with E-state index in [1.807, 2.05) is 19.0 Å². The molecule has 0 radical (unpaired) electrons. The van der Waals surface area contributed by atoms with Crippen LogP contribution in [0, 0.1) is 0 Å². The molecule has 0 aliphatic rings. The van der Waals surface area contributed by atoms with E-state index in [-0.39, 0.29) is 17.7 Å². The van der Waals surface area contributed by atoms with E-state index in [2.05, 4.69) is 4.98 Å². The van der Waals surface area contributed by atoms with Crippen molar-refractivity contribution in [3.8, 4) is 0 Å². The summed E-state index contributed by atoms with van der Waals surface area (Å²) in [5, 5.41) is 8.87. The second-order valence-corrected chi connectivity index (χ2v) is 5.04. The lowest BCUT2D eigenvalue weighted by atomic mass is 10.4. The summed E-state index contributed by atoms with van der Waals surface area (Å²) in [5.41, 5.74) is -0.672. The molecular weight excluding hydrogens is 278 g/mol. The van der Waals surface area contributed by atoms with Gasteiger partial charge < -0.3 is 14.6 Å². The van der Waals surface area contributed by atoms with Gasteiger partial charge in [0.05, 0.1) is 6.33 Å². The normalized spacial score (nSPS) is 11.4. The molecule has 0 unspecified atom stereocenters. The van der Waals surface area contributed by atoms with Crippen molar-refractivity contribution in [3.05, 3.63) is 27.2 Å². The zero-order valence-corrected chi connectivity index (χ0v) is 12.1. The first-order valence-corrected chi connectivity index (χ1v) is 6.34. The first kappa shape index (κ1) is 15.0. The number of hydrogen-bond acceptors (Lipinski definition) is 5. The van der Waals surface area contributed by atoms with Crippen molar-refractivity contribution in [2.75, 3.05) is 20.6 Å². The lowest BCUT2D eigenvalue weighted by Crippen LogP contribution is -2.40. The van der Waals surface area contributed by atoms with Crippen molar-refractivity contribution in [2.45, 2.75) is 13.1 Å². The molecule has 114 valence electrons. The molecule has 2 heterocycles. The number of rotatable bonds is 5. The predicted molar refractivity (Wildman–Crippen MR) is 75.4 cm³/mol. The number of carboxylic acid groups (broad SMARTS) is 1. The van der Waals surface area contributed by atoms with Crippen molar-refractivity contribution in [3.63, 3.8) is 0 Å². The maximum absolute atomic E-state index is 12.2. The van der Waals surface area contributed by atoms with E-state index in [0.29, 0.717) is 13.1 Å². The Morgan fingerprint density at radius 2 is 2.05 bits per heavy atom. The molecule has 0 atom stereocenters. The zero-order valence-electron chi connectivity index (χ0n) is 12.1. The number of likely N-dealkylation sites (N-methyl/N-ethyl adjacent to an activating group) is 1. The summed E-state index contributed by atoms with van der Waals surface area (Å²) in [4.78, 5) is 41.2. The van der Waals surface area contributed by atoms with Crippen LogP contribution in [-0.2, 0) is 24.9 Å². The molecule has 1 N–H and O–H groups in total. The second kappa shape index (κ2) is 5.52. The molecule has 0 spiro atoms. The van der Waals surface area contributed by atoms with Crippen LogP contribution < -0.4 is 11.2 Å². The molecule has 0 fully saturated rings. The molecular formula is C12H17N5O4. The van der Waals surface area contributed by atoms with Crippen molar-refractivity contribution >= 4 is 17.1 Å². The van der Waals surface area contributed by atoms with Crippen LogP contribution in [0.2, 0.25) is 0 Å². The highest BCUT2D eigenvalue weighted by Crippen LogP contribution is 2.06. The van der Waals surface area contributed by atoms with Gasteiger partial charge in [-0.05, 0) is 14.1 Å². The fraction of sp³-hybridized carbons (Fsp3) is 0.500. The standard InChI is InChI=1S/C12H17N5O4/c1-14(2)4-5-17-10-9(11(20)15(3)12(17)21)16(7-13-10)6-8(18)19/h7H,4-6H2,1-3H3,(H,18,19). The lowest BCUT2D eigenvalue weighted by molar-refractivity contribution is -0.137. The number of aliphatic carboxylic acids is 1. The molecule has 2 rings (SSSR count). The average molecular weight is 295 g/mol. The minimum absolute atomic E-state index is 0.123. The van der Waals surface area contributed by atoms with Gasteiger partial charge in [-0.3, -0.25) is 18.7 Å². The molecule has 0 aliphatic heterocycles. The van der Waals surface area contributed by atoms with Gasteiger partial charge in [0, 0.05) is 20.1 Å². The number of nitrogens with zero attached hydrogens (tertiary/aromatic N) is 5. The third-order valence-electron chi connectivity index (χ3n) is 3.18. The number of aromatic nitrogens is 4. The molecule has 0 aliphatic carbocycles. The Bertz CT molecular complexity index is 798. The SMILES string of the molecule is CN(C)CCn1c(=O)n(C)c(=O)c2c1ncn2CC(=O)O. The summed E-state index contributed by atoms with van der Waals surface area (Å²) in [7, 11) is 5.11. The highest BCUT2D eigenvalue weighted by atomic mass is 16.4. The first-order chi connectivity index (χ1) is 9.82. The lowest BCUT2D eigenvalue weighted by Gasteiger charge is -2.13. The van der Waals surface area contributed by atoms with Crippen LogP contribution in [0.25, 0.3) is 11.2 Å². The van der Waals surface area contributed by atoms with Crippen molar-refractivity contribution < 1.29 is 9.90 Å². The topological polar surface area (TPSA) is 102 Å². The highest BCUT2D eigenvalue weighted by Gasteiger charge is 2.17. The number of hydrogen-bond donors (Lipinski definition) is 1. The summed E-state index contributed by atoms with van der Waals surface area (Å²) < 4.78 is 3.60. The van der Waals surface area contributed by atoms with Crippen molar-refractivity contribution in [1.82, 2.24) is 23.6 Å². The van der Waals surface area contributed by atoms with Gasteiger partial charge in [-0.2, -0.15) is 0 Å². The van der Waals surface area contributed by atoms with Gasteiger partial charge >= 0.3 is 11.7 Å². The molecule has 9 nitrogen and oxygen atoms in total. The summed E-state index contributed by atoms with van der Waals surface area (Å²) in [6, 6.07) is 0. The van der Waals surface area contributed by atoms with E-state index in [1.54, 1.807) is 0 Å². The van der Waals surface area contributed by atoms with E-state index in [9.17, 15) is 14.4 Å². The van der Waals surface area contributed by atoms with E-state index in [0.717, 1.165) is 4.57 Å². The predicted octanol–water partition coefficient (Wildman–Crippen LogP) is -1.46. The minimum Gasteiger partial charge on any atom is -0.480 e. The Kier molecular flexibility index (Phi) is 3.94. The van der Waals surface area contributed by atoms with E-state index in [1.165, 1.54) is 22.5 Å². The van der Waals surface area contributed by atoms with Crippen LogP contribution in [0.1, 0.15) is 0 Å². The first-order valence-electron chi connectivity index (χ1n) is 6.34. The van der Waals surface area contributed by atoms with Gasteiger partial charge in [-0.1, -0.05) is 0 Å². The van der Waals surface area contributed by atoms with Crippen LogP contribution in [0.3, 0.4) is 0 Å². The molecule has 0 saturated carbocycles. The molecule has 2 aromatic rings. The zero-order chi connectivity index (χ0) is 15.7. The quantitative estimate of drug-likeness (QED) is 0.723. The highest BCUT2D eigenvalue weighted by molar-refractivity contribution is 5.74. The number of imidazole rings is 1. The maximum Gasteiger partial charge on any atom is 0.332 e. The molecule has 0 aromatic carbocycles. The molecule has 9 heteroatoms. The van der Waals surface area contributed by atoms with Gasteiger partial charge in [0.15, 0.2) is 11.2 Å². The second-order valence-electron chi connectivity index (χ2n) is 5.04. The molecule has 0 bridgehead atoms. The van der Waals surface area contributed by atoms with E-state index >= 15 is 0 Å². The van der Waals surface area contributed by atoms with Crippen LogP contribution in [0.5, 0.6) is 0 Å². The van der Waals surface area contributed by atoms with Crippen LogP contribution in [-0.4, -0.2) is 55.3 Å². The fourth-order valence-corrected chi connectivity index (χ4v) is 2.07. The number of carboxylic acids is 1. The smallest absolute Gasteiger partial charge is 0.332 e.